The van der Waals surface area contributed by atoms with Gasteiger partial charge in [0, 0.05) is 5.56 Å². The summed E-state index contributed by atoms with van der Waals surface area (Å²) in [7, 11) is -4.51. The monoisotopic (exact) mass is 283 g/mol. The van der Waals surface area contributed by atoms with Gasteiger partial charge in [-0.1, -0.05) is 0 Å². The van der Waals surface area contributed by atoms with E-state index in [9.17, 15) is 26.4 Å². The smallest absolute Gasteiger partial charge is 0.366 e. The lowest BCUT2D eigenvalue weighted by molar-refractivity contribution is -0.152. The second-order valence-corrected chi connectivity index (χ2v) is 4.84. The molecule has 0 aliphatic carbocycles. The number of benzene rings is 1. The lowest BCUT2D eigenvalue weighted by Gasteiger charge is -2.08. The summed E-state index contributed by atoms with van der Waals surface area (Å²) >= 11 is 0. The van der Waals surface area contributed by atoms with E-state index in [0.29, 0.717) is 0 Å². The first-order valence-corrected chi connectivity index (χ1v) is 5.89. The van der Waals surface area contributed by atoms with Gasteiger partial charge in [-0.05, 0) is 24.3 Å². The molecule has 0 aliphatic rings. The SMILES string of the molecule is NC(=O)c1ccc(S(=O)(=O)OCC(F)(F)F)cc1. The molecule has 0 unspecified atom stereocenters. The molecule has 0 aliphatic heterocycles. The predicted molar refractivity (Wildman–Crippen MR) is 54.2 cm³/mol. The van der Waals surface area contributed by atoms with Crippen molar-refractivity contribution in [1.82, 2.24) is 0 Å². The van der Waals surface area contributed by atoms with Gasteiger partial charge < -0.3 is 5.73 Å². The molecule has 1 aromatic rings. The molecule has 0 saturated carbocycles. The summed E-state index contributed by atoms with van der Waals surface area (Å²) in [6.45, 7) is -1.91. The van der Waals surface area contributed by atoms with Crippen molar-refractivity contribution < 1.29 is 30.6 Å². The Morgan fingerprint density at radius 1 is 1.22 bits per heavy atom. The van der Waals surface area contributed by atoms with Crippen molar-refractivity contribution in [3.05, 3.63) is 29.8 Å². The molecule has 0 heterocycles. The fraction of sp³-hybridized carbons (Fsp3) is 0.222. The average molecular weight is 283 g/mol. The molecule has 18 heavy (non-hydrogen) atoms. The Morgan fingerprint density at radius 3 is 2.11 bits per heavy atom. The van der Waals surface area contributed by atoms with Gasteiger partial charge >= 0.3 is 6.18 Å². The van der Waals surface area contributed by atoms with E-state index in [1.165, 1.54) is 0 Å². The fourth-order valence-corrected chi connectivity index (χ4v) is 1.89. The predicted octanol–water partition coefficient (Wildman–Crippen LogP) is 1.05. The molecule has 1 rings (SSSR count). The molecule has 0 radical (unpaired) electrons. The van der Waals surface area contributed by atoms with Crippen molar-refractivity contribution in [3.63, 3.8) is 0 Å². The highest BCUT2D eigenvalue weighted by Crippen LogP contribution is 2.19. The summed E-state index contributed by atoms with van der Waals surface area (Å²) in [5.74, 6) is -0.782. The van der Waals surface area contributed by atoms with Crippen molar-refractivity contribution in [3.8, 4) is 0 Å². The summed E-state index contributed by atoms with van der Waals surface area (Å²) in [4.78, 5) is 10.2. The zero-order chi connectivity index (χ0) is 14.0. The van der Waals surface area contributed by atoms with E-state index in [-0.39, 0.29) is 5.56 Å². The van der Waals surface area contributed by atoms with E-state index in [1.54, 1.807) is 0 Å². The van der Waals surface area contributed by atoms with Gasteiger partial charge in [0.1, 0.15) is 0 Å². The summed E-state index contributed by atoms with van der Waals surface area (Å²) < 4.78 is 61.9. The third-order valence-electron chi connectivity index (χ3n) is 1.81. The van der Waals surface area contributed by atoms with Gasteiger partial charge in [0.15, 0.2) is 6.61 Å². The molecule has 1 aromatic carbocycles. The number of alkyl halides is 3. The molecule has 0 bridgehead atoms. The Morgan fingerprint density at radius 2 is 1.72 bits per heavy atom. The van der Waals surface area contributed by atoms with Gasteiger partial charge in [-0.3, -0.25) is 8.98 Å². The Labute approximate surface area is 100 Å². The summed E-state index contributed by atoms with van der Waals surface area (Å²) in [6, 6.07) is 4.02. The summed E-state index contributed by atoms with van der Waals surface area (Å²) in [5.41, 5.74) is 4.95. The highest BCUT2D eigenvalue weighted by atomic mass is 32.2. The van der Waals surface area contributed by atoms with Gasteiger partial charge in [-0.2, -0.15) is 21.6 Å². The van der Waals surface area contributed by atoms with Crippen molar-refractivity contribution in [2.24, 2.45) is 5.73 Å². The molecule has 5 nitrogen and oxygen atoms in total. The van der Waals surface area contributed by atoms with Crippen LogP contribution >= 0.6 is 0 Å². The third kappa shape index (κ3) is 4.00. The number of rotatable bonds is 4. The average Bonchev–Trinajstić information content (AvgIpc) is 2.26. The normalized spacial score (nSPS) is 12.4. The Balaban J connectivity index is 2.89. The Bertz CT molecular complexity index is 536. The zero-order valence-corrected chi connectivity index (χ0v) is 9.59. The minimum absolute atomic E-state index is 0.0322. The number of hydrogen-bond donors (Lipinski definition) is 1. The van der Waals surface area contributed by atoms with Gasteiger partial charge in [0.25, 0.3) is 10.1 Å². The van der Waals surface area contributed by atoms with Crippen LogP contribution in [0.5, 0.6) is 0 Å². The molecule has 2 N–H and O–H groups in total. The van der Waals surface area contributed by atoms with Crippen LogP contribution in [0.3, 0.4) is 0 Å². The number of primary amides is 1. The van der Waals surface area contributed by atoms with Gasteiger partial charge in [-0.25, -0.2) is 0 Å². The summed E-state index contributed by atoms with van der Waals surface area (Å²) in [5, 5.41) is 0. The molecule has 0 aromatic heterocycles. The van der Waals surface area contributed by atoms with Crippen molar-refractivity contribution in [2.75, 3.05) is 6.61 Å². The molecule has 0 fully saturated rings. The van der Waals surface area contributed by atoms with E-state index in [0.717, 1.165) is 24.3 Å². The minimum atomic E-state index is -4.75. The first kappa shape index (κ1) is 14.5. The largest absolute Gasteiger partial charge is 0.413 e. The van der Waals surface area contributed by atoms with Crippen LogP contribution < -0.4 is 5.73 Å². The van der Waals surface area contributed by atoms with Gasteiger partial charge in [-0.15, -0.1) is 0 Å². The first-order chi connectivity index (χ1) is 8.12. The molecule has 100 valence electrons. The Hall–Kier alpha value is -1.61. The van der Waals surface area contributed by atoms with Crippen molar-refractivity contribution in [1.29, 1.82) is 0 Å². The maximum atomic E-state index is 11.8. The number of halogens is 3. The van der Waals surface area contributed by atoms with Crippen LogP contribution in [0.4, 0.5) is 13.2 Å². The van der Waals surface area contributed by atoms with E-state index in [1.807, 2.05) is 0 Å². The number of carbonyl (C=O) groups excluding carboxylic acids is 1. The van der Waals surface area contributed by atoms with E-state index in [4.69, 9.17) is 5.73 Å². The highest BCUT2D eigenvalue weighted by molar-refractivity contribution is 7.86. The van der Waals surface area contributed by atoms with Gasteiger partial charge in [0.05, 0.1) is 4.90 Å². The lowest BCUT2D eigenvalue weighted by atomic mass is 10.2. The van der Waals surface area contributed by atoms with Crippen LogP contribution in [0.15, 0.2) is 29.2 Å². The van der Waals surface area contributed by atoms with Crippen LogP contribution in [0.25, 0.3) is 0 Å². The van der Waals surface area contributed by atoms with Crippen LogP contribution in [-0.4, -0.2) is 27.1 Å². The standard InChI is InChI=1S/C9H8F3NO4S/c10-9(11,12)5-17-18(15,16)7-3-1-6(2-4-7)8(13)14/h1-4H,5H2,(H2,13,14). The second-order valence-electron chi connectivity index (χ2n) is 3.22. The van der Waals surface area contributed by atoms with E-state index < -0.39 is 33.7 Å². The topological polar surface area (TPSA) is 86.5 Å². The van der Waals surface area contributed by atoms with E-state index in [2.05, 4.69) is 4.18 Å². The van der Waals surface area contributed by atoms with Crippen LogP contribution in [0.2, 0.25) is 0 Å². The first-order valence-electron chi connectivity index (χ1n) is 4.48. The molecule has 0 spiro atoms. The molecule has 0 saturated heterocycles. The maximum Gasteiger partial charge on any atom is 0.413 e. The van der Waals surface area contributed by atoms with Crippen LogP contribution in [0, 0.1) is 0 Å². The molecule has 1 amide bonds. The number of nitrogens with two attached hydrogens (primary N) is 1. The zero-order valence-electron chi connectivity index (χ0n) is 8.77. The number of amides is 1. The molecular weight excluding hydrogens is 275 g/mol. The highest BCUT2D eigenvalue weighted by Gasteiger charge is 2.31. The van der Waals surface area contributed by atoms with Gasteiger partial charge in [0.2, 0.25) is 5.91 Å². The maximum absolute atomic E-state index is 11.8. The number of hydrogen-bond acceptors (Lipinski definition) is 4. The van der Waals surface area contributed by atoms with E-state index >= 15 is 0 Å². The molecule has 0 atom stereocenters. The third-order valence-corrected chi connectivity index (χ3v) is 3.08. The molecule has 9 heteroatoms. The van der Waals surface area contributed by atoms with Crippen molar-refractivity contribution in [2.45, 2.75) is 11.1 Å². The quantitative estimate of drug-likeness (QED) is 0.837. The second kappa shape index (κ2) is 4.94. The Kier molecular flexibility index (Phi) is 3.97. The van der Waals surface area contributed by atoms with Crippen LogP contribution in [0.1, 0.15) is 10.4 Å². The lowest BCUT2D eigenvalue weighted by Crippen LogP contribution is -2.20. The fourth-order valence-electron chi connectivity index (χ4n) is 0.998. The molecular formula is C9H8F3NO4S. The number of carbonyl (C=O) groups is 1. The summed E-state index contributed by atoms with van der Waals surface area (Å²) in [6.07, 6.45) is -4.75. The van der Waals surface area contributed by atoms with Crippen LogP contribution in [-0.2, 0) is 14.3 Å². The minimum Gasteiger partial charge on any atom is -0.366 e. The van der Waals surface area contributed by atoms with Crippen molar-refractivity contribution >= 4 is 16.0 Å².